The Balaban J connectivity index is 3.20. The van der Waals surface area contributed by atoms with Crippen molar-refractivity contribution >= 4 is 22.6 Å². The minimum Gasteiger partial charge on any atom is -0.206 e. The highest BCUT2D eigenvalue weighted by atomic mass is 127. The van der Waals surface area contributed by atoms with Crippen LogP contribution >= 0.6 is 22.6 Å². The topological polar surface area (TPSA) is 23.8 Å². The molecule has 0 unspecified atom stereocenters. The van der Waals surface area contributed by atoms with E-state index in [1.165, 1.54) is 6.07 Å². The number of hydrogen-bond acceptors (Lipinski definition) is 1. The Kier molecular flexibility index (Phi) is 2.91. The maximum atomic E-state index is 13.1. The van der Waals surface area contributed by atoms with Crippen molar-refractivity contribution in [2.45, 2.75) is 19.3 Å². The van der Waals surface area contributed by atoms with Gasteiger partial charge in [0.05, 0.1) is 11.5 Å². The van der Waals surface area contributed by atoms with E-state index in [0.717, 1.165) is 0 Å². The molecule has 0 bridgehead atoms. The zero-order chi connectivity index (χ0) is 10.1. The van der Waals surface area contributed by atoms with Crippen molar-refractivity contribution in [1.82, 2.24) is 0 Å². The predicted octanol–water partition coefficient (Wildman–Crippen LogP) is 3.23. The van der Waals surface area contributed by atoms with Crippen LogP contribution in [0, 0.1) is 20.7 Å². The summed E-state index contributed by atoms with van der Waals surface area (Å²) in [6.07, 6.45) is 0. The highest BCUT2D eigenvalue weighted by molar-refractivity contribution is 14.1. The molecule has 0 spiro atoms. The molecule has 13 heavy (non-hydrogen) atoms. The first-order valence-corrected chi connectivity index (χ1v) is 4.92. The van der Waals surface area contributed by atoms with E-state index in [4.69, 9.17) is 5.26 Å². The Hall–Kier alpha value is -0.630. The van der Waals surface area contributed by atoms with Crippen molar-refractivity contribution in [1.29, 1.82) is 5.26 Å². The SMILES string of the molecule is CC(C)(C#N)c1ccc(I)c(F)c1. The first-order valence-electron chi connectivity index (χ1n) is 3.84. The van der Waals surface area contributed by atoms with Gasteiger partial charge in [0.2, 0.25) is 0 Å². The molecule has 1 aromatic carbocycles. The minimum atomic E-state index is -0.620. The minimum absolute atomic E-state index is 0.263. The molecule has 0 aliphatic rings. The van der Waals surface area contributed by atoms with E-state index in [9.17, 15) is 4.39 Å². The lowest BCUT2D eigenvalue weighted by atomic mass is 9.86. The Morgan fingerprint density at radius 3 is 2.54 bits per heavy atom. The summed E-state index contributed by atoms with van der Waals surface area (Å²) in [4.78, 5) is 0. The van der Waals surface area contributed by atoms with E-state index in [2.05, 4.69) is 6.07 Å². The third-order valence-electron chi connectivity index (χ3n) is 1.92. The van der Waals surface area contributed by atoms with Crippen molar-refractivity contribution < 1.29 is 4.39 Å². The van der Waals surface area contributed by atoms with Crippen LogP contribution in [0.4, 0.5) is 4.39 Å². The zero-order valence-corrected chi connectivity index (χ0v) is 9.59. The molecule has 1 nitrogen and oxygen atoms in total. The second-order valence-electron chi connectivity index (χ2n) is 3.37. The first-order chi connectivity index (χ1) is 5.97. The van der Waals surface area contributed by atoms with Gasteiger partial charge in [0.25, 0.3) is 0 Å². The van der Waals surface area contributed by atoms with Crippen LogP contribution in [0.5, 0.6) is 0 Å². The fourth-order valence-corrected chi connectivity index (χ4v) is 1.28. The van der Waals surface area contributed by atoms with Crippen molar-refractivity contribution in [2.75, 3.05) is 0 Å². The van der Waals surface area contributed by atoms with Crippen LogP contribution in [0.3, 0.4) is 0 Å². The van der Waals surface area contributed by atoms with Gasteiger partial charge in [0.1, 0.15) is 5.82 Å². The highest BCUT2D eigenvalue weighted by Gasteiger charge is 2.20. The van der Waals surface area contributed by atoms with Crippen LogP contribution in [-0.4, -0.2) is 0 Å². The molecule has 0 saturated heterocycles. The molecule has 1 rings (SSSR count). The Morgan fingerprint density at radius 1 is 1.46 bits per heavy atom. The summed E-state index contributed by atoms with van der Waals surface area (Å²) in [5, 5.41) is 8.83. The molecule has 0 saturated carbocycles. The van der Waals surface area contributed by atoms with E-state index < -0.39 is 5.41 Å². The average Bonchev–Trinajstić information content (AvgIpc) is 2.09. The van der Waals surface area contributed by atoms with Crippen molar-refractivity contribution in [3.63, 3.8) is 0 Å². The van der Waals surface area contributed by atoms with Gasteiger partial charge in [-0.25, -0.2) is 4.39 Å². The normalized spacial score (nSPS) is 11.0. The molecule has 0 atom stereocenters. The molecule has 0 amide bonds. The molecule has 0 aliphatic heterocycles. The largest absolute Gasteiger partial charge is 0.206 e. The number of nitriles is 1. The summed E-state index contributed by atoms with van der Waals surface area (Å²) >= 11 is 1.92. The molecular weight excluding hydrogens is 280 g/mol. The highest BCUT2D eigenvalue weighted by Crippen LogP contribution is 2.24. The second kappa shape index (κ2) is 3.62. The van der Waals surface area contributed by atoms with Crippen LogP contribution in [0.15, 0.2) is 18.2 Å². The number of nitrogens with zero attached hydrogens (tertiary/aromatic N) is 1. The van der Waals surface area contributed by atoms with Crippen molar-refractivity contribution in [3.8, 4) is 6.07 Å². The van der Waals surface area contributed by atoms with Gasteiger partial charge in [0.15, 0.2) is 0 Å². The van der Waals surface area contributed by atoms with E-state index in [-0.39, 0.29) is 5.82 Å². The standard InChI is InChI=1S/C10H9FIN/c1-10(2,6-13)7-3-4-9(12)8(11)5-7/h3-5H,1-2H3. The number of hydrogen-bond donors (Lipinski definition) is 0. The second-order valence-corrected chi connectivity index (χ2v) is 4.53. The third kappa shape index (κ3) is 2.19. The molecule has 0 fully saturated rings. The van der Waals surface area contributed by atoms with Gasteiger partial charge in [-0.1, -0.05) is 6.07 Å². The summed E-state index contributed by atoms with van der Waals surface area (Å²) in [5.41, 5.74) is 0.0958. The average molecular weight is 289 g/mol. The molecule has 68 valence electrons. The van der Waals surface area contributed by atoms with E-state index in [1.54, 1.807) is 26.0 Å². The fourth-order valence-electron chi connectivity index (χ4n) is 0.949. The first kappa shape index (κ1) is 10.5. The lowest BCUT2D eigenvalue weighted by Crippen LogP contribution is -2.14. The molecule has 3 heteroatoms. The third-order valence-corrected chi connectivity index (χ3v) is 2.80. The monoisotopic (exact) mass is 289 g/mol. The Labute approximate surface area is 90.7 Å². The number of benzene rings is 1. The molecule has 0 aromatic heterocycles. The number of halogens is 2. The molecule has 1 aromatic rings. The van der Waals surface area contributed by atoms with E-state index in [1.807, 2.05) is 22.6 Å². The van der Waals surface area contributed by atoms with Crippen molar-refractivity contribution in [2.24, 2.45) is 0 Å². The van der Waals surface area contributed by atoms with Crippen LogP contribution in [0.1, 0.15) is 19.4 Å². The summed E-state index contributed by atoms with van der Waals surface area (Å²) < 4.78 is 13.7. The van der Waals surface area contributed by atoms with Gasteiger partial charge in [-0.05, 0) is 54.1 Å². The van der Waals surface area contributed by atoms with E-state index in [0.29, 0.717) is 9.13 Å². The van der Waals surface area contributed by atoms with E-state index >= 15 is 0 Å². The summed E-state index contributed by atoms with van der Waals surface area (Å²) in [6, 6.07) is 7.03. The van der Waals surface area contributed by atoms with Crippen LogP contribution in [-0.2, 0) is 5.41 Å². The Morgan fingerprint density at radius 2 is 2.08 bits per heavy atom. The molecule has 0 N–H and O–H groups in total. The van der Waals surface area contributed by atoms with Gasteiger partial charge in [-0.15, -0.1) is 0 Å². The van der Waals surface area contributed by atoms with Gasteiger partial charge >= 0.3 is 0 Å². The molecule has 0 heterocycles. The maximum absolute atomic E-state index is 13.1. The maximum Gasteiger partial charge on any atom is 0.136 e. The summed E-state index contributed by atoms with van der Waals surface area (Å²) in [7, 11) is 0. The van der Waals surface area contributed by atoms with Gasteiger partial charge in [0, 0.05) is 3.57 Å². The lowest BCUT2D eigenvalue weighted by molar-refractivity contribution is 0.606. The summed E-state index contributed by atoms with van der Waals surface area (Å²) in [6.45, 7) is 3.54. The predicted molar refractivity (Wildman–Crippen MR) is 57.8 cm³/mol. The van der Waals surface area contributed by atoms with Gasteiger partial charge in [-0.2, -0.15) is 5.26 Å². The van der Waals surface area contributed by atoms with Crippen molar-refractivity contribution in [3.05, 3.63) is 33.1 Å². The smallest absolute Gasteiger partial charge is 0.136 e. The van der Waals surface area contributed by atoms with Crippen LogP contribution < -0.4 is 0 Å². The molecule has 0 radical (unpaired) electrons. The van der Waals surface area contributed by atoms with Crippen LogP contribution in [0.2, 0.25) is 0 Å². The fraction of sp³-hybridized carbons (Fsp3) is 0.300. The number of rotatable bonds is 1. The lowest BCUT2D eigenvalue weighted by Gasteiger charge is -2.15. The van der Waals surface area contributed by atoms with Gasteiger partial charge < -0.3 is 0 Å². The molecule has 0 aliphatic carbocycles. The van der Waals surface area contributed by atoms with Crippen LogP contribution in [0.25, 0.3) is 0 Å². The van der Waals surface area contributed by atoms with Gasteiger partial charge in [-0.3, -0.25) is 0 Å². The quantitative estimate of drug-likeness (QED) is 0.728. The molecular formula is C10H9FIN. The summed E-state index contributed by atoms with van der Waals surface area (Å²) in [5.74, 6) is -0.263. The Bertz CT molecular complexity index is 366. The zero-order valence-electron chi connectivity index (χ0n) is 7.44.